The van der Waals surface area contributed by atoms with Crippen LogP contribution in [0, 0.1) is 0 Å². The summed E-state index contributed by atoms with van der Waals surface area (Å²) in [6, 6.07) is 6.66. The van der Waals surface area contributed by atoms with Crippen LogP contribution in [0.1, 0.15) is 24.4 Å². The van der Waals surface area contributed by atoms with Crippen molar-refractivity contribution in [2.45, 2.75) is 18.9 Å². The van der Waals surface area contributed by atoms with Crippen LogP contribution in [0.25, 0.3) is 0 Å². The summed E-state index contributed by atoms with van der Waals surface area (Å²) >= 11 is 5.77. The molecule has 1 unspecified atom stereocenters. The van der Waals surface area contributed by atoms with E-state index >= 15 is 0 Å². The van der Waals surface area contributed by atoms with E-state index in [4.69, 9.17) is 11.6 Å². The van der Waals surface area contributed by atoms with Crippen molar-refractivity contribution in [2.75, 3.05) is 6.61 Å². The van der Waals surface area contributed by atoms with Crippen LogP contribution < -0.4 is 5.32 Å². The Bertz CT molecular complexity index is 376. The maximum atomic E-state index is 11.5. The third-order valence-corrected chi connectivity index (χ3v) is 2.62. The Kier molecular flexibility index (Phi) is 5.73. The summed E-state index contributed by atoms with van der Waals surface area (Å²) in [5, 5.41) is 12.6. The Morgan fingerprint density at radius 3 is 2.65 bits per heavy atom. The summed E-state index contributed by atoms with van der Waals surface area (Å²) in [7, 11) is 0. The normalized spacial score (nSPS) is 11.9. The second-order valence-electron chi connectivity index (χ2n) is 3.68. The lowest BCUT2D eigenvalue weighted by atomic mass is 10.1. The van der Waals surface area contributed by atoms with Gasteiger partial charge in [0.2, 0.25) is 5.91 Å². The van der Waals surface area contributed by atoms with Gasteiger partial charge in [0.25, 0.3) is 0 Å². The van der Waals surface area contributed by atoms with E-state index in [2.05, 4.69) is 11.9 Å². The van der Waals surface area contributed by atoms with Gasteiger partial charge in [0, 0.05) is 11.4 Å². The zero-order chi connectivity index (χ0) is 12.7. The summed E-state index contributed by atoms with van der Waals surface area (Å²) in [4.78, 5) is 11.5. The van der Waals surface area contributed by atoms with Crippen LogP contribution in [-0.2, 0) is 4.79 Å². The summed E-state index contributed by atoms with van der Waals surface area (Å²) in [6.07, 6.45) is 2.70. The number of carbonyl (C=O) groups is 1. The highest BCUT2D eigenvalue weighted by Gasteiger charge is 2.12. The zero-order valence-electron chi connectivity index (χ0n) is 9.53. The van der Waals surface area contributed by atoms with Gasteiger partial charge in [-0.15, -0.1) is 6.58 Å². The van der Waals surface area contributed by atoms with Crippen LogP contribution in [-0.4, -0.2) is 17.6 Å². The number of hydrogen-bond acceptors (Lipinski definition) is 2. The van der Waals surface area contributed by atoms with Gasteiger partial charge >= 0.3 is 0 Å². The largest absolute Gasteiger partial charge is 0.394 e. The number of benzene rings is 1. The second-order valence-corrected chi connectivity index (χ2v) is 4.12. The first-order valence-electron chi connectivity index (χ1n) is 5.44. The van der Waals surface area contributed by atoms with E-state index in [-0.39, 0.29) is 18.6 Å². The number of allylic oxidation sites excluding steroid dienone is 1. The highest BCUT2D eigenvalue weighted by Crippen LogP contribution is 2.16. The molecule has 0 aliphatic rings. The van der Waals surface area contributed by atoms with E-state index in [1.807, 2.05) is 0 Å². The molecule has 0 aromatic heterocycles. The molecule has 0 saturated carbocycles. The Labute approximate surface area is 106 Å². The number of rotatable bonds is 6. The molecule has 0 aliphatic heterocycles. The van der Waals surface area contributed by atoms with E-state index < -0.39 is 0 Å². The number of hydrogen-bond donors (Lipinski definition) is 2. The molecule has 4 heteroatoms. The van der Waals surface area contributed by atoms with Gasteiger partial charge in [0.05, 0.1) is 12.6 Å². The van der Waals surface area contributed by atoms with Gasteiger partial charge in [-0.2, -0.15) is 0 Å². The van der Waals surface area contributed by atoms with Gasteiger partial charge in [0.15, 0.2) is 0 Å². The van der Waals surface area contributed by atoms with Crippen molar-refractivity contribution in [1.29, 1.82) is 0 Å². The van der Waals surface area contributed by atoms with Gasteiger partial charge in [-0.3, -0.25) is 4.79 Å². The predicted octanol–water partition coefficient (Wildman–Crippen LogP) is 2.46. The molecule has 0 spiro atoms. The molecule has 0 heterocycles. The molecule has 0 fully saturated rings. The highest BCUT2D eigenvalue weighted by atomic mass is 35.5. The highest BCUT2D eigenvalue weighted by molar-refractivity contribution is 6.30. The maximum Gasteiger partial charge on any atom is 0.220 e. The molecule has 2 N–H and O–H groups in total. The topological polar surface area (TPSA) is 49.3 Å². The molecule has 0 aliphatic carbocycles. The minimum atomic E-state index is -0.385. The lowest BCUT2D eigenvalue weighted by Crippen LogP contribution is -2.30. The van der Waals surface area contributed by atoms with Crippen molar-refractivity contribution in [3.05, 3.63) is 47.5 Å². The Morgan fingerprint density at radius 1 is 1.47 bits per heavy atom. The van der Waals surface area contributed by atoms with E-state index in [0.29, 0.717) is 17.9 Å². The van der Waals surface area contributed by atoms with Crippen molar-refractivity contribution in [1.82, 2.24) is 5.32 Å². The van der Waals surface area contributed by atoms with Crippen LogP contribution in [0.2, 0.25) is 5.02 Å². The lowest BCUT2D eigenvalue weighted by Gasteiger charge is -2.16. The van der Waals surface area contributed by atoms with Gasteiger partial charge in [-0.05, 0) is 24.1 Å². The number of amides is 1. The first-order valence-corrected chi connectivity index (χ1v) is 5.81. The molecular weight excluding hydrogens is 238 g/mol. The fourth-order valence-corrected chi connectivity index (χ4v) is 1.56. The predicted molar refractivity (Wildman–Crippen MR) is 68.9 cm³/mol. The number of aliphatic hydroxyl groups is 1. The molecule has 17 heavy (non-hydrogen) atoms. The summed E-state index contributed by atoms with van der Waals surface area (Å²) in [5.41, 5.74) is 0.837. The van der Waals surface area contributed by atoms with Gasteiger partial charge in [-0.1, -0.05) is 29.8 Å². The molecule has 1 rings (SSSR count). The van der Waals surface area contributed by atoms with Crippen LogP contribution in [0.4, 0.5) is 0 Å². The first-order chi connectivity index (χ1) is 8.17. The molecule has 0 bridgehead atoms. The fourth-order valence-electron chi connectivity index (χ4n) is 1.43. The average Bonchev–Trinajstić information content (AvgIpc) is 2.34. The van der Waals surface area contributed by atoms with E-state index in [0.717, 1.165) is 5.56 Å². The molecule has 0 saturated heterocycles. The van der Waals surface area contributed by atoms with E-state index in [9.17, 15) is 9.90 Å². The molecule has 1 amide bonds. The summed E-state index contributed by atoms with van der Waals surface area (Å²) in [5.74, 6) is -0.0982. The molecule has 3 nitrogen and oxygen atoms in total. The molecule has 1 aromatic rings. The molecule has 1 atom stereocenters. The number of aliphatic hydroxyl groups excluding tert-OH is 1. The lowest BCUT2D eigenvalue weighted by molar-refractivity contribution is -0.122. The zero-order valence-corrected chi connectivity index (χ0v) is 10.3. The third kappa shape index (κ3) is 4.59. The quantitative estimate of drug-likeness (QED) is 0.765. The van der Waals surface area contributed by atoms with Crippen LogP contribution in [0.15, 0.2) is 36.9 Å². The minimum Gasteiger partial charge on any atom is -0.394 e. The van der Waals surface area contributed by atoms with Crippen molar-refractivity contribution in [3.63, 3.8) is 0 Å². The van der Waals surface area contributed by atoms with Crippen molar-refractivity contribution in [2.24, 2.45) is 0 Å². The van der Waals surface area contributed by atoms with E-state index in [1.165, 1.54) is 0 Å². The van der Waals surface area contributed by atoms with Crippen LogP contribution in [0.3, 0.4) is 0 Å². The van der Waals surface area contributed by atoms with Gasteiger partial charge < -0.3 is 10.4 Å². The maximum absolute atomic E-state index is 11.5. The summed E-state index contributed by atoms with van der Waals surface area (Å²) in [6.45, 7) is 3.42. The average molecular weight is 254 g/mol. The Balaban J connectivity index is 2.62. The first kappa shape index (κ1) is 13.7. The summed E-state index contributed by atoms with van der Waals surface area (Å²) < 4.78 is 0. The smallest absolute Gasteiger partial charge is 0.220 e. The fraction of sp³-hybridized carbons (Fsp3) is 0.308. The number of carbonyl (C=O) groups excluding carboxylic acids is 1. The van der Waals surface area contributed by atoms with Crippen LogP contribution in [0.5, 0.6) is 0 Å². The Morgan fingerprint density at radius 2 is 2.12 bits per heavy atom. The monoisotopic (exact) mass is 253 g/mol. The molecule has 1 aromatic carbocycles. The Hall–Kier alpha value is -1.32. The van der Waals surface area contributed by atoms with Crippen molar-refractivity contribution in [3.8, 4) is 0 Å². The molecular formula is C13H16ClNO2. The SMILES string of the molecule is C=CCCC(=O)NC(CO)c1ccc(Cl)cc1. The van der Waals surface area contributed by atoms with Gasteiger partial charge in [-0.25, -0.2) is 0 Å². The molecule has 0 radical (unpaired) electrons. The third-order valence-electron chi connectivity index (χ3n) is 2.37. The molecule has 92 valence electrons. The second kappa shape index (κ2) is 7.09. The van der Waals surface area contributed by atoms with E-state index in [1.54, 1.807) is 30.3 Å². The number of halogens is 1. The van der Waals surface area contributed by atoms with Crippen molar-refractivity contribution < 1.29 is 9.90 Å². The number of nitrogens with one attached hydrogen (secondary N) is 1. The van der Waals surface area contributed by atoms with Crippen molar-refractivity contribution >= 4 is 17.5 Å². The van der Waals surface area contributed by atoms with Crippen LogP contribution >= 0.6 is 11.6 Å². The standard InChI is InChI=1S/C13H16ClNO2/c1-2-3-4-13(17)15-12(9-16)10-5-7-11(14)8-6-10/h2,5-8,12,16H,1,3-4,9H2,(H,15,17). The minimum absolute atomic E-state index is 0.0982. The van der Waals surface area contributed by atoms with Gasteiger partial charge in [0.1, 0.15) is 0 Å².